The first-order chi connectivity index (χ1) is 9.42. The monoisotopic (exact) mass is 442 g/mol. The SMILES string of the molecule is CC(CBr)(OC(C(F)(F)F)C(F)(F)F)c1ccccc1Br. The van der Waals surface area contributed by atoms with Crippen LogP contribution < -0.4 is 0 Å². The van der Waals surface area contributed by atoms with E-state index in [1.165, 1.54) is 18.2 Å². The quantitative estimate of drug-likeness (QED) is 0.436. The molecule has 120 valence electrons. The van der Waals surface area contributed by atoms with Crippen molar-refractivity contribution in [1.29, 1.82) is 0 Å². The lowest BCUT2D eigenvalue weighted by molar-refractivity contribution is -0.342. The van der Waals surface area contributed by atoms with Gasteiger partial charge in [0.05, 0.1) is 0 Å². The zero-order valence-electron chi connectivity index (χ0n) is 10.5. The van der Waals surface area contributed by atoms with Crippen LogP contribution in [0.5, 0.6) is 0 Å². The molecule has 1 atom stereocenters. The maximum atomic E-state index is 12.6. The van der Waals surface area contributed by atoms with E-state index in [2.05, 4.69) is 36.6 Å². The van der Waals surface area contributed by atoms with E-state index in [9.17, 15) is 26.3 Å². The number of hydrogen-bond donors (Lipinski definition) is 0. The van der Waals surface area contributed by atoms with Gasteiger partial charge in [0.15, 0.2) is 0 Å². The Hall–Kier alpha value is -0.280. The average molecular weight is 444 g/mol. The van der Waals surface area contributed by atoms with E-state index in [0.717, 1.165) is 6.92 Å². The minimum Gasteiger partial charge on any atom is -0.349 e. The lowest BCUT2D eigenvalue weighted by atomic mass is 9.97. The zero-order chi connectivity index (χ0) is 16.5. The van der Waals surface area contributed by atoms with Gasteiger partial charge in [-0.25, -0.2) is 0 Å². The van der Waals surface area contributed by atoms with Crippen LogP contribution >= 0.6 is 31.9 Å². The standard InChI is InChI=1S/C12H10Br2F6O/c1-10(6-13,7-4-2-3-5-8(7)14)21-9(11(15,16)17)12(18,19)20/h2-5,9H,6H2,1H3. The third kappa shape index (κ3) is 4.59. The van der Waals surface area contributed by atoms with Crippen molar-refractivity contribution in [3.8, 4) is 0 Å². The van der Waals surface area contributed by atoms with E-state index in [-0.39, 0.29) is 10.9 Å². The van der Waals surface area contributed by atoms with Crippen molar-refractivity contribution in [3.05, 3.63) is 34.3 Å². The molecule has 0 amide bonds. The van der Waals surface area contributed by atoms with Crippen molar-refractivity contribution in [3.63, 3.8) is 0 Å². The van der Waals surface area contributed by atoms with Gasteiger partial charge < -0.3 is 4.74 Å². The molecule has 0 saturated carbocycles. The second kappa shape index (κ2) is 6.45. The van der Waals surface area contributed by atoms with Crippen LogP contribution in [-0.4, -0.2) is 23.8 Å². The number of rotatable bonds is 4. The van der Waals surface area contributed by atoms with Gasteiger partial charge in [0.25, 0.3) is 0 Å². The van der Waals surface area contributed by atoms with Crippen LogP contribution in [0.25, 0.3) is 0 Å². The molecule has 9 heteroatoms. The van der Waals surface area contributed by atoms with Crippen molar-refractivity contribution in [1.82, 2.24) is 0 Å². The van der Waals surface area contributed by atoms with Crippen LogP contribution in [0.3, 0.4) is 0 Å². The van der Waals surface area contributed by atoms with Gasteiger partial charge >= 0.3 is 12.4 Å². The Morgan fingerprint density at radius 1 is 1.05 bits per heavy atom. The first kappa shape index (κ1) is 18.8. The minimum atomic E-state index is -5.55. The van der Waals surface area contributed by atoms with Gasteiger partial charge in [-0.2, -0.15) is 26.3 Å². The Balaban J connectivity index is 3.24. The number of halogens is 8. The molecule has 0 aliphatic rings. The van der Waals surface area contributed by atoms with Crippen LogP contribution in [0, 0.1) is 0 Å². The molecule has 1 nitrogen and oxygen atoms in total. The summed E-state index contributed by atoms with van der Waals surface area (Å²) in [6.07, 6.45) is -15.0. The lowest BCUT2D eigenvalue weighted by Crippen LogP contribution is -2.49. The Bertz CT molecular complexity index is 473. The molecule has 0 N–H and O–H groups in total. The molecule has 0 aromatic heterocycles. The minimum absolute atomic E-state index is 0.181. The fourth-order valence-corrected chi connectivity index (χ4v) is 2.77. The molecule has 1 rings (SSSR count). The fraction of sp³-hybridized carbons (Fsp3) is 0.500. The van der Waals surface area contributed by atoms with E-state index in [0.29, 0.717) is 4.47 Å². The Labute approximate surface area is 133 Å². The molecule has 0 saturated heterocycles. The summed E-state index contributed by atoms with van der Waals surface area (Å²) in [5.41, 5.74) is -1.63. The summed E-state index contributed by atoms with van der Waals surface area (Å²) in [5, 5.41) is -0.245. The Morgan fingerprint density at radius 2 is 1.52 bits per heavy atom. The smallest absolute Gasteiger partial charge is 0.349 e. The third-order valence-corrected chi connectivity index (χ3v) is 4.43. The van der Waals surface area contributed by atoms with Crippen molar-refractivity contribution >= 4 is 31.9 Å². The molecular weight excluding hydrogens is 434 g/mol. The number of hydrogen-bond acceptors (Lipinski definition) is 1. The molecule has 0 fully saturated rings. The van der Waals surface area contributed by atoms with Gasteiger partial charge in [0, 0.05) is 9.80 Å². The van der Waals surface area contributed by atoms with Crippen LogP contribution in [0.15, 0.2) is 28.7 Å². The molecular formula is C12H10Br2F6O. The highest BCUT2D eigenvalue weighted by Crippen LogP contribution is 2.42. The van der Waals surface area contributed by atoms with Gasteiger partial charge in [-0.15, -0.1) is 0 Å². The molecule has 0 bridgehead atoms. The predicted octanol–water partition coefficient (Wildman–Crippen LogP) is 5.57. The highest BCUT2D eigenvalue weighted by Gasteiger charge is 2.60. The van der Waals surface area contributed by atoms with Gasteiger partial charge in [-0.3, -0.25) is 0 Å². The highest BCUT2D eigenvalue weighted by molar-refractivity contribution is 9.10. The molecule has 0 aliphatic carbocycles. The van der Waals surface area contributed by atoms with Crippen LogP contribution in [-0.2, 0) is 10.3 Å². The van der Waals surface area contributed by atoms with E-state index < -0.39 is 24.1 Å². The fourth-order valence-electron chi connectivity index (χ4n) is 1.64. The zero-order valence-corrected chi connectivity index (χ0v) is 13.7. The van der Waals surface area contributed by atoms with E-state index in [1.807, 2.05) is 0 Å². The molecule has 0 heterocycles. The van der Waals surface area contributed by atoms with E-state index in [4.69, 9.17) is 0 Å². The summed E-state index contributed by atoms with van der Waals surface area (Å²) >= 11 is 6.02. The van der Waals surface area contributed by atoms with Gasteiger partial charge in [-0.1, -0.05) is 50.1 Å². The molecule has 0 radical (unpaired) electrons. The summed E-state index contributed by atoms with van der Waals surface area (Å²) in [6.45, 7) is 1.16. The van der Waals surface area contributed by atoms with Gasteiger partial charge in [0.2, 0.25) is 6.10 Å². The molecule has 1 aromatic rings. The molecule has 1 aromatic carbocycles. The summed E-state index contributed by atoms with van der Waals surface area (Å²) in [4.78, 5) is 0. The first-order valence-corrected chi connectivity index (χ1v) is 7.45. The first-order valence-electron chi connectivity index (χ1n) is 5.54. The Morgan fingerprint density at radius 3 is 1.90 bits per heavy atom. The highest BCUT2D eigenvalue weighted by atomic mass is 79.9. The van der Waals surface area contributed by atoms with E-state index in [1.54, 1.807) is 6.07 Å². The topological polar surface area (TPSA) is 9.23 Å². The summed E-state index contributed by atoms with van der Waals surface area (Å²) in [6, 6.07) is 6.00. The third-order valence-electron chi connectivity index (χ3n) is 2.67. The van der Waals surface area contributed by atoms with Crippen LogP contribution in [0.4, 0.5) is 26.3 Å². The summed E-state index contributed by atoms with van der Waals surface area (Å²) in [7, 11) is 0. The molecule has 1 unspecified atom stereocenters. The molecule has 0 aliphatic heterocycles. The Kier molecular flexibility index (Phi) is 5.77. The lowest BCUT2D eigenvalue weighted by Gasteiger charge is -2.35. The van der Waals surface area contributed by atoms with Crippen LogP contribution in [0.1, 0.15) is 12.5 Å². The largest absolute Gasteiger partial charge is 0.423 e. The number of alkyl halides is 7. The number of benzene rings is 1. The molecule has 21 heavy (non-hydrogen) atoms. The maximum absolute atomic E-state index is 12.6. The summed E-state index contributed by atoms with van der Waals surface area (Å²) < 4.78 is 80.6. The van der Waals surface area contributed by atoms with E-state index >= 15 is 0 Å². The van der Waals surface area contributed by atoms with Gasteiger partial charge in [0.1, 0.15) is 5.60 Å². The number of ether oxygens (including phenoxy) is 1. The maximum Gasteiger partial charge on any atom is 0.423 e. The summed E-state index contributed by atoms with van der Waals surface area (Å²) in [5.74, 6) is 0. The normalized spacial score (nSPS) is 16.1. The van der Waals surface area contributed by atoms with Crippen molar-refractivity contribution in [2.45, 2.75) is 31.0 Å². The van der Waals surface area contributed by atoms with Crippen molar-refractivity contribution in [2.24, 2.45) is 0 Å². The van der Waals surface area contributed by atoms with Crippen molar-refractivity contribution < 1.29 is 31.1 Å². The average Bonchev–Trinajstić information content (AvgIpc) is 2.33. The van der Waals surface area contributed by atoms with Gasteiger partial charge in [-0.05, 0) is 18.6 Å². The predicted molar refractivity (Wildman–Crippen MR) is 72.3 cm³/mol. The second-order valence-electron chi connectivity index (χ2n) is 4.43. The second-order valence-corrected chi connectivity index (χ2v) is 5.84. The van der Waals surface area contributed by atoms with Crippen molar-refractivity contribution in [2.75, 3.05) is 5.33 Å². The van der Waals surface area contributed by atoms with Crippen LogP contribution in [0.2, 0.25) is 0 Å². The molecule has 0 spiro atoms.